The largest absolute Gasteiger partial charge is 0.373 e. The minimum absolute atomic E-state index is 0.0297. The molecule has 1 saturated carbocycles. The van der Waals surface area contributed by atoms with Gasteiger partial charge in [-0.25, -0.2) is 4.68 Å². The molecule has 4 rings (SSSR count). The monoisotopic (exact) mass is 377 g/mol. The van der Waals surface area contributed by atoms with Gasteiger partial charge in [0.05, 0.1) is 24.4 Å². The molecule has 0 spiro atoms. The summed E-state index contributed by atoms with van der Waals surface area (Å²) in [7, 11) is 0. The Labute approximate surface area is 168 Å². The Hall–Kier alpha value is -2.33. The van der Waals surface area contributed by atoms with E-state index >= 15 is 0 Å². The van der Waals surface area contributed by atoms with E-state index < -0.39 is 0 Å². The molecule has 0 N–H and O–H groups in total. The second kappa shape index (κ2) is 7.25. The number of aromatic nitrogens is 3. The van der Waals surface area contributed by atoms with Crippen molar-refractivity contribution in [2.24, 2.45) is 0 Å². The van der Waals surface area contributed by atoms with Crippen molar-refractivity contribution in [1.82, 2.24) is 14.3 Å². The number of hydrogen-bond donors (Lipinski definition) is 0. The molecule has 1 fully saturated rings. The third-order valence-corrected chi connectivity index (χ3v) is 5.73. The van der Waals surface area contributed by atoms with E-state index in [4.69, 9.17) is 9.84 Å². The highest BCUT2D eigenvalue weighted by Gasteiger charge is 2.35. The number of hydrogen-bond acceptors (Lipinski definition) is 2. The number of rotatable bonds is 5. The van der Waals surface area contributed by atoms with E-state index in [0.29, 0.717) is 18.8 Å². The average Bonchev–Trinajstić information content (AvgIpc) is 3.18. The SMILES string of the molecule is Cc1ccc(C)n1-c1cc(C(C)(C)C)nn1[C@H]1C[C@@H](OCc2ccccc2)C1. The van der Waals surface area contributed by atoms with Crippen molar-refractivity contribution in [3.8, 4) is 5.82 Å². The van der Waals surface area contributed by atoms with Gasteiger partial charge in [-0.3, -0.25) is 0 Å². The molecule has 4 nitrogen and oxygen atoms in total. The fourth-order valence-corrected chi connectivity index (χ4v) is 3.88. The zero-order chi connectivity index (χ0) is 19.9. The summed E-state index contributed by atoms with van der Waals surface area (Å²) in [6.07, 6.45) is 2.35. The standard InChI is InChI=1S/C24H31N3O/c1-17-11-12-18(2)26(17)23-15-22(24(3,4)5)25-27(23)20-13-21(14-20)28-16-19-9-7-6-8-10-19/h6-12,15,20-21H,13-14,16H2,1-5H3/t20-,21+. The molecule has 0 atom stereocenters. The van der Waals surface area contributed by atoms with Crippen LogP contribution in [0.4, 0.5) is 0 Å². The predicted molar refractivity (Wildman–Crippen MR) is 113 cm³/mol. The van der Waals surface area contributed by atoms with Crippen LogP contribution in [0.15, 0.2) is 48.5 Å². The highest BCUT2D eigenvalue weighted by Crippen LogP contribution is 2.38. The van der Waals surface area contributed by atoms with Crippen molar-refractivity contribution in [3.63, 3.8) is 0 Å². The summed E-state index contributed by atoms with van der Waals surface area (Å²) in [4.78, 5) is 0. The van der Waals surface area contributed by atoms with Crippen molar-refractivity contribution in [3.05, 3.63) is 71.2 Å². The fraction of sp³-hybridized carbons (Fsp3) is 0.458. The molecule has 3 aromatic rings. The molecule has 0 radical (unpaired) electrons. The zero-order valence-electron chi connectivity index (χ0n) is 17.6. The normalized spacial score (nSPS) is 19.6. The number of nitrogens with zero attached hydrogens (tertiary/aromatic N) is 3. The van der Waals surface area contributed by atoms with Crippen LogP contribution in [0.3, 0.4) is 0 Å². The van der Waals surface area contributed by atoms with Crippen LogP contribution in [-0.2, 0) is 16.8 Å². The van der Waals surface area contributed by atoms with Crippen LogP contribution < -0.4 is 0 Å². The van der Waals surface area contributed by atoms with Crippen LogP contribution in [0.5, 0.6) is 0 Å². The molecule has 0 saturated heterocycles. The van der Waals surface area contributed by atoms with Gasteiger partial charge in [0.1, 0.15) is 5.82 Å². The van der Waals surface area contributed by atoms with Crippen molar-refractivity contribution >= 4 is 0 Å². The second-order valence-corrected chi connectivity index (χ2v) is 9.08. The topological polar surface area (TPSA) is 32.0 Å². The van der Waals surface area contributed by atoms with Gasteiger partial charge < -0.3 is 9.30 Å². The Morgan fingerprint density at radius 2 is 1.64 bits per heavy atom. The Morgan fingerprint density at radius 3 is 2.25 bits per heavy atom. The fourth-order valence-electron chi connectivity index (χ4n) is 3.88. The minimum atomic E-state index is 0.0297. The lowest BCUT2D eigenvalue weighted by Crippen LogP contribution is -2.35. The summed E-state index contributed by atoms with van der Waals surface area (Å²) < 4.78 is 10.7. The van der Waals surface area contributed by atoms with E-state index in [1.165, 1.54) is 22.8 Å². The van der Waals surface area contributed by atoms with Crippen molar-refractivity contribution in [2.75, 3.05) is 0 Å². The van der Waals surface area contributed by atoms with Crippen LogP contribution in [0, 0.1) is 13.8 Å². The second-order valence-electron chi connectivity index (χ2n) is 9.08. The van der Waals surface area contributed by atoms with E-state index in [2.05, 4.69) is 86.3 Å². The molecule has 148 valence electrons. The number of ether oxygens (including phenoxy) is 1. The third-order valence-electron chi connectivity index (χ3n) is 5.73. The molecule has 2 heterocycles. The lowest BCUT2D eigenvalue weighted by Gasteiger charge is -2.36. The quantitative estimate of drug-likeness (QED) is 0.587. The molecule has 1 aliphatic rings. The molecule has 0 bridgehead atoms. The highest BCUT2D eigenvalue weighted by atomic mass is 16.5. The summed E-state index contributed by atoms with van der Waals surface area (Å²) in [5, 5.41) is 5.03. The van der Waals surface area contributed by atoms with Crippen LogP contribution in [0.25, 0.3) is 5.82 Å². The Kier molecular flexibility index (Phi) is 4.92. The summed E-state index contributed by atoms with van der Waals surface area (Å²) in [5.74, 6) is 1.18. The minimum Gasteiger partial charge on any atom is -0.373 e. The maximum Gasteiger partial charge on any atom is 0.135 e. The van der Waals surface area contributed by atoms with Gasteiger partial charge in [-0.1, -0.05) is 51.1 Å². The van der Waals surface area contributed by atoms with Crippen LogP contribution >= 0.6 is 0 Å². The molecule has 1 aliphatic carbocycles. The molecular formula is C24H31N3O. The molecule has 4 heteroatoms. The van der Waals surface area contributed by atoms with Gasteiger partial charge in [-0.05, 0) is 44.4 Å². The first-order chi connectivity index (χ1) is 13.3. The molecule has 0 amide bonds. The van der Waals surface area contributed by atoms with E-state index in [0.717, 1.165) is 18.5 Å². The maximum atomic E-state index is 6.12. The number of benzene rings is 1. The van der Waals surface area contributed by atoms with Crippen molar-refractivity contribution in [2.45, 2.75) is 71.6 Å². The first kappa shape index (κ1) is 19.0. The first-order valence-corrected chi connectivity index (χ1v) is 10.2. The highest BCUT2D eigenvalue weighted by molar-refractivity contribution is 5.36. The van der Waals surface area contributed by atoms with Gasteiger partial charge in [-0.2, -0.15) is 5.10 Å². The van der Waals surface area contributed by atoms with Gasteiger partial charge in [0.2, 0.25) is 0 Å². The lowest BCUT2D eigenvalue weighted by atomic mass is 9.89. The van der Waals surface area contributed by atoms with Gasteiger partial charge >= 0.3 is 0 Å². The summed E-state index contributed by atoms with van der Waals surface area (Å²) in [6.45, 7) is 11.7. The Bertz CT molecular complexity index is 921. The van der Waals surface area contributed by atoms with Crippen molar-refractivity contribution < 1.29 is 4.74 Å². The smallest absolute Gasteiger partial charge is 0.135 e. The van der Waals surface area contributed by atoms with E-state index in [1.807, 2.05) is 6.07 Å². The average molecular weight is 378 g/mol. The summed E-state index contributed by atoms with van der Waals surface area (Å²) in [6, 6.07) is 17.4. The first-order valence-electron chi connectivity index (χ1n) is 10.2. The molecular weight excluding hydrogens is 346 g/mol. The van der Waals surface area contributed by atoms with Gasteiger partial charge in [-0.15, -0.1) is 0 Å². The van der Waals surface area contributed by atoms with Gasteiger partial charge in [0.15, 0.2) is 0 Å². The van der Waals surface area contributed by atoms with Gasteiger partial charge in [0, 0.05) is 22.9 Å². The predicted octanol–water partition coefficient (Wildman–Crippen LogP) is 5.51. The van der Waals surface area contributed by atoms with E-state index in [1.54, 1.807) is 0 Å². The zero-order valence-corrected chi connectivity index (χ0v) is 17.6. The van der Waals surface area contributed by atoms with Crippen LogP contribution in [-0.4, -0.2) is 20.5 Å². The third kappa shape index (κ3) is 3.66. The van der Waals surface area contributed by atoms with Crippen LogP contribution in [0.2, 0.25) is 0 Å². The van der Waals surface area contributed by atoms with E-state index in [-0.39, 0.29) is 5.41 Å². The number of aryl methyl sites for hydroxylation is 2. The van der Waals surface area contributed by atoms with Gasteiger partial charge in [0.25, 0.3) is 0 Å². The Balaban J connectivity index is 1.52. The molecule has 0 aliphatic heterocycles. The molecule has 0 unspecified atom stereocenters. The van der Waals surface area contributed by atoms with Crippen LogP contribution in [0.1, 0.15) is 62.3 Å². The summed E-state index contributed by atoms with van der Waals surface area (Å²) in [5.41, 5.74) is 4.90. The molecule has 28 heavy (non-hydrogen) atoms. The van der Waals surface area contributed by atoms with Crippen molar-refractivity contribution in [1.29, 1.82) is 0 Å². The molecule has 2 aromatic heterocycles. The summed E-state index contributed by atoms with van der Waals surface area (Å²) >= 11 is 0. The maximum absolute atomic E-state index is 6.12. The molecule has 1 aromatic carbocycles. The van der Waals surface area contributed by atoms with E-state index in [9.17, 15) is 0 Å². The Morgan fingerprint density at radius 1 is 1.00 bits per heavy atom. The lowest BCUT2D eigenvalue weighted by molar-refractivity contribution is -0.0384.